The van der Waals surface area contributed by atoms with E-state index in [0.29, 0.717) is 0 Å². The molecular formula is C3H16N4Si2. The maximum atomic E-state index is 5.61. The van der Waals surface area contributed by atoms with Crippen molar-refractivity contribution in [2.45, 2.75) is 13.1 Å². The number of hydrogen-bond donors (Lipinski definition) is 4. The molecule has 0 heterocycles. The molecule has 6 heteroatoms. The van der Waals surface area contributed by atoms with Crippen molar-refractivity contribution in [2.24, 2.45) is 10.8 Å². The van der Waals surface area contributed by atoms with Crippen LogP contribution in [0.3, 0.4) is 0 Å². The molecule has 6 N–H and O–H groups in total. The molecule has 0 saturated carbocycles. The number of rotatable bonds is 3. The van der Waals surface area contributed by atoms with E-state index in [0.717, 1.165) is 0 Å². The molecule has 0 aromatic carbocycles. The molecule has 4 nitrogen and oxygen atoms in total. The Morgan fingerprint density at radius 3 is 2.00 bits per heavy atom. The summed E-state index contributed by atoms with van der Waals surface area (Å²) in [6, 6.07) is 0. The van der Waals surface area contributed by atoms with Crippen molar-refractivity contribution in [3.8, 4) is 0 Å². The first kappa shape index (κ1) is 9.27. The lowest BCUT2D eigenvalue weighted by Crippen LogP contribution is -2.70. The molecule has 0 saturated heterocycles. The molecule has 56 valence electrons. The molecule has 0 amide bonds. The number of nitrogens with one attached hydrogen (secondary N) is 2. The van der Waals surface area contributed by atoms with Gasteiger partial charge in [-0.15, -0.1) is 0 Å². The van der Waals surface area contributed by atoms with Crippen molar-refractivity contribution >= 4 is 17.7 Å². The Bertz CT molecular complexity index is 80.4. The molecule has 0 radical (unpaired) electrons. The van der Waals surface area contributed by atoms with Gasteiger partial charge in [0.25, 0.3) is 8.56 Å². The molecular weight excluding hydrogens is 148 g/mol. The Labute approximate surface area is 59.0 Å². The molecule has 0 aromatic heterocycles. The van der Waals surface area contributed by atoms with Crippen molar-refractivity contribution in [3.63, 3.8) is 0 Å². The normalized spacial score (nSPS) is 15.7. The predicted molar refractivity (Wildman–Crippen MR) is 45.2 cm³/mol. The lowest BCUT2D eigenvalue weighted by atomic mass is 11.6. The summed E-state index contributed by atoms with van der Waals surface area (Å²) in [6.45, 7) is 4.00. The maximum absolute atomic E-state index is 5.61. The van der Waals surface area contributed by atoms with E-state index in [-0.39, 0.29) is 0 Å². The zero-order valence-corrected chi connectivity index (χ0v) is 8.39. The Hall–Kier alpha value is 0.274. The summed E-state index contributed by atoms with van der Waals surface area (Å²) in [5.41, 5.74) is 0. The fourth-order valence-corrected chi connectivity index (χ4v) is 4.85. The van der Waals surface area contributed by atoms with Gasteiger partial charge in [-0.3, -0.25) is 0 Å². The molecule has 0 rings (SSSR count). The summed E-state index contributed by atoms with van der Waals surface area (Å²) < 4.78 is 3.19. The Kier molecular flexibility index (Phi) is 3.55. The van der Waals surface area contributed by atoms with E-state index >= 15 is 0 Å². The second-order valence-electron chi connectivity index (χ2n) is 2.44. The Morgan fingerprint density at radius 2 is 1.89 bits per heavy atom. The molecule has 0 aromatic rings. The standard InChI is InChI=1S/C3H16N4Si2/c1-6-8(2)7-9(3,4)5/h6-8H,4-5H2,1-3H3. The van der Waals surface area contributed by atoms with Gasteiger partial charge in [-0.25, -0.2) is 0 Å². The first-order valence-electron chi connectivity index (χ1n) is 2.98. The van der Waals surface area contributed by atoms with E-state index < -0.39 is 17.7 Å². The van der Waals surface area contributed by atoms with Crippen LogP contribution in [0.1, 0.15) is 0 Å². The third-order valence-electron chi connectivity index (χ3n) is 0.961. The topological polar surface area (TPSA) is 76.1 Å². The van der Waals surface area contributed by atoms with E-state index in [9.17, 15) is 0 Å². The highest BCUT2D eigenvalue weighted by Crippen LogP contribution is 1.74. The van der Waals surface area contributed by atoms with Crippen molar-refractivity contribution < 1.29 is 0 Å². The van der Waals surface area contributed by atoms with Crippen molar-refractivity contribution in [2.75, 3.05) is 7.05 Å². The fourth-order valence-electron chi connectivity index (χ4n) is 0.539. The van der Waals surface area contributed by atoms with Gasteiger partial charge in [0, 0.05) is 0 Å². The zero-order valence-electron chi connectivity index (χ0n) is 6.23. The van der Waals surface area contributed by atoms with Gasteiger partial charge in [0.2, 0.25) is 0 Å². The van der Waals surface area contributed by atoms with Crippen LogP contribution in [-0.2, 0) is 0 Å². The van der Waals surface area contributed by atoms with Crippen LogP contribution in [0.2, 0.25) is 13.1 Å². The second-order valence-corrected chi connectivity index (χ2v) is 8.18. The Balaban J connectivity index is 3.47. The average molecular weight is 164 g/mol. The van der Waals surface area contributed by atoms with Gasteiger partial charge in [0.15, 0.2) is 9.12 Å². The lowest BCUT2D eigenvalue weighted by Gasteiger charge is -2.20. The minimum Gasteiger partial charge on any atom is -0.331 e. The molecule has 0 bridgehead atoms. The van der Waals surface area contributed by atoms with Gasteiger partial charge in [0.1, 0.15) is 0 Å². The van der Waals surface area contributed by atoms with Gasteiger partial charge < -0.3 is 20.4 Å². The first-order valence-corrected chi connectivity index (χ1v) is 7.95. The van der Waals surface area contributed by atoms with Gasteiger partial charge in [-0.1, -0.05) is 0 Å². The molecule has 0 aliphatic carbocycles. The van der Waals surface area contributed by atoms with E-state index in [1.54, 1.807) is 0 Å². The SMILES string of the molecule is CN[SiH](C)N[Si](C)(N)N. The van der Waals surface area contributed by atoms with Gasteiger partial charge >= 0.3 is 0 Å². The zero-order chi connectivity index (χ0) is 7.49. The first-order chi connectivity index (χ1) is 3.95. The monoisotopic (exact) mass is 164 g/mol. The molecule has 1 atom stereocenters. The highest BCUT2D eigenvalue weighted by Gasteiger charge is 2.17. The van der Waals surface area contributed by atoms with Crippen molar-refractivity contribution in [3.05, 3.63) is 0 Å². The van der Waals surface area contributed by atoms with Gasteiger partial charge in [-0.05, 0) is 20.1 Å². The van der Waals surface area contributed by atoms with Crippen LogP contribution in [0.5, 0.6) is 0 Å². The summed E-state index contributed by atoms with van der Waals surface area (Å²) >= 11 is 0. The van der Waals surface area contributed by atoms with Crippen molar-refractivity contribution in [1.82, 2.24) is 9.63 Å². The third-order valence-corrected chi connectivity index (χ3v) is 6.05. The summed E-state index contributed by atoms with van der Waals surface area (Å²) in [5.74, 6) is 0. The summed E-state index contributed by atoms with van der Waals surface area (Å²) in [5, 5.41) is 11.2. The van der Waals surface area contributed by atoms with Crippen LogP contribution in [-0.4, -0.2) is 24.7 Å². The predicted octanol–water partition coefficient (Wildman–Crippen LogP) is -1.87. The van der Waals surface area contributed by atoms with Gasteiger partial charge in [0.05, 0.1) is 0 Å². The van der Waals surface area contributed by atoms with E-state index in [2.05, 4.69) is 16.2 Å². The fraction of sp³-hybridized carbons (Fsp3) is 1.00. The summed E-state index contributed by atoms with van der Waals surface area (Å²) in [4.78, 5) is 3.12. The van der Waals surface area contributed by atoms with Crippen LogP contribution in [0.15, 0.2) is 0 Å². The maximum Gasteiger partial charge on any atom is 0.266 e. The lowest BCUT2D eigenvalue weighted by molar-refractivity contribution is 1.13. The summed E-state index contributed by atoms with van der Waals surface area (Å²) in [6.07, 6.45) is 0. The minimum absolute atomic E-state index is 0.995. The minimum atomic E-state index is -1.99. The van der Waals surface area contributed by atoms with Crippen LogP contribution in [0.4, 0.5) is 0 Å². The highest BCUT2D eigenvalue weighted by atomic mass is 28.4. The van der Waals surface area contributed by atoms with E-state index in [1.165, 1.54) is 0 Å². The quantitative estimate of drug-likeness (QED) is 0.369. The van der Waals surface area contributed by atoms with Crippen LogP contribution < -0.4 is 20.4 Å². The van der Waals surface area contributed by atoms with Crippen LogP contribution in [0.25, 0.3) is 0 Å². The van der Waals surface area contributed by atoms with Crippen LogP contribution >= 0.6 is 0 Å². The summed E-state index contributed by atoms with van der Waals surface area (Å²) in [7, 11) is -1.07. The van der Waals surface area contributed by atoms with Crippen LogP contribution in [0, 0.1) is 0 Å². The molecule has 0 aliphatic heterocycles. The van der Waals surface area contributed by atoms with E-state index in [4.69, 9.17) is 10.8 Å². The largest absolute Gasteiger partial charge is 0.331 e. The highest BCUT2D eigenvalue weighted by molar-refractivity contribution is 6.79. The number of hydrogen-bond acceptors (Lipinski definition) is 4. The molecule has 0 fully saturated rings. The molecule has 0 spiro atoms. The van der Waals surface area contributed by atoms with Gasteiger partial charge in [-0.2, -0.15) is 0 Å². The second kappa shape index (κ2) is 3.44. The van der Waals surface area contributed by atoms with Crippen molar-refractivity contribution in [1.29, 1.82) is 0 Å². The number of nitrogens with two attached hydrogens (primary N) is 2. The third kappa shape index (κ3) is 6.16. The molecule has 0 aliphatic rings. The molecule has 9 heavy (non-hydrogen) atoms. The smallest absolute Gasteiger partial charge is 0.266 e. The molecule has 1 unspecified atom stereocenters. The van der Waals surface area contributed by atoms with E-state index in [1.807, 2.05) is 13.6 Å². The average Bonchev–Trinajstić information content (AvgIpc) is 1.62. The Morgan fingerprint density at radius 1 is 1.44 bits per heavy atom.